The fourth-order valence-electron chi connectivity index (χ4n) is 2.76. The Hall–Kier alpha value is -2.26. The molecular weight excluding hydrogens is 320 g/mol. The van der Waals surface area contributed by atoms with Crippen molar-refractivity contribution in [3.63, 3.8) is 0 Å². The van der Waals surface area contributed by atoms with Crippen LogP contribution in [0.5, 0.6) is 0 Å². The highest BCUT2D eigenvalue weighted by Gasteiger charge is 2.40. The zero-order valence-electron chi connectivity index (χ0n) is 12.5. The second kappa shape index (κ2) is 5.74. The maximum absolute atomic E-state index is 12.8. The standard InChI is InChI=1S/C14H16N4O4S/c1-10-12(9-16-18(10)13-6-2-3-7-15-13)23(21,22)17-8-4-5-11(17)14(19)20/h2-3,6-7,9,11H,4-5,8H2,1H3,(H,19,20). The third-order valence-electron chi connectivity index (χ3n) is 3.91. The van der Waals surface area contributed by atoms with Gasteiger partial charge in [-0.1, -0.05) is 6.07 Å². The number of aromatic nitrogens is 3. The summed E-state index contributed by atoms with van der Waals surface area (Å²) in [6.07, 6.45) is 3.69. The molecule has 0 aliphatic carbocycles. The predicted octanol–water partition coefficient (Wildman–Crippen LogP) is 0.813. The summed E-state index contributed by atoms with van der Waals surface area (Å²) in [4.78, 5) is 15.4. The van der Waals surface area contributed by atoms with Crippen LogP contribution in [0.15, 0.2) is 35.5 Å². The SMILES string of the molecule is Cc1c(S(=O)(=O)N2CCCC2C(=O)O)cnn1-c1ccccn1. The maximum Gasteiger partial charge on any atom is 0.322 e. The van der Waals surface area contributed by atoms with Crippen LogP contribution in [0.4, 0.5) is 0 Å². The summed E-state index contributed by atoms with van der Waals surface area (Å²) in [5, 5.41) is 13.3. The van der Waals surface area contributed by atoms with Gasteiger partial charge in [0.25, 0.3) is 0 Å². The second-order valence-electron chi connectivity index (χ2n) is 5.31. The number of carboxylic acid groups (broad SMARTS) is 1. The maximum atomic E-state index is 12.8. The van der Waals surface area contributed by atoms with Gasteiger partial charge in [-0.3, -0.25) is 4.79 Å². The molecule has 1 N–H and O–H groups in total. The number of hydrogen-bond donors (Lipinski definition) is 1. The molecule has 9 heteroatoms. The summed E-state index contributed by atoms with van der Waals surface area (Å²) < 4.78 is 28.1. The topological polar surface area (TPSA) is 105 Å². The Morgan fingerprint density at radius 2 is 2.17 bits per heavy atom. The average molecular weight is 336 g/mol. The van der Waals surface area contributed by atoms with Gasteiger partial charge < -0.3 is 5.11 Å². The average Bonchev–Trinajstić information content (AvgIpc) is 3.15. The van der Waals surface area contributed by atoms with Crippen LogP contribution in [-0.2, 0) is 14.8 Å². The largest absolute Gasteiger partial charge is 0.480 e. The van der Waals surface area contributed by atoms with Gasteiger partial charge in [0.15, 0.2) is 5.82 Å². The summed E-state index contributed by atoms with van der Waals surface area (Å²) in [5.41, 5.74) is 0.403. The van der Waals surface area contributed by atoms with E-state index < -0.39 is 22.0 Å². The molecule has 0 spiro atoms. The molecule has 2 aromatic heterocycles. The Labute approximate surface area is 133 Å². The molecule has 1 aliphatic heterocycles. The highest BCUT2D eigenvalue weighted by molar-refractivity contribution is 7.89. The van der Waals surface area contributed by atoms with Crippen molar-refractivity contribution in [2.75, 3.05) is 6.54 Å². The number of rotatable bonds is 4. The van der Waals surface area contributed by atoms with Crippen molar-refractivity contribution < 1.29 is 18.3 Å². The molecule has 0 bridgehead atoms. The quantitative estimate of drug-likeness (QED) is 0.886. The van der Waals surface area contributed by atoms with Gasteiger partial charge in [-0.2, -0.15) is 9.40 Å². The zero-order chi connectivity index (χ0) is 16.6. The van der Waals surface area contributed by atoms with Crippen LogP contribution in [-0.4, -0.2) is 51.1 Å². The molecule has 8 nitrogen and oxygen atoms in total. The van der Waals surface area contributed by atoms with Crippen LogP contribution < -0.4 is 0 Å². The summed E-state index contributed by atoms with van der Waals surface area (Å²) in [6, 6.07) is 4.23. The van der Waals surface area contributed by atoms with E-state index in [0.717, 1.165) is 4.31 Å². The zero-order valence-corrected chi connectivity index (χ0v) is 13.3. The molecule has 1 atom stereocenters. The Balaban J connectivity index is 2.02. The first-order valence-electron chi connectivity index (χ1n) is 7.13. The lowest BCUT2D eigenvalue weighted by molar-refractivity contribution is -0.140. The fraction of sp³-hybridized carbons (Fsp3) is 0.357. The molecular formula is C14H16N4O4S. The van der Waals surface area contributed by atoms with Crippen LogP contribution >= 0.6 is 0 Å². The molecule has 1 unspecified atom stereocenters. The van der Waals surface area contributed by atoms with E-state index in [1.54, 1.807) is 31.3 Å². The van der Waals surface area contributed by atoms with E-state index in [4.69, 9.17) is 0 Å². The Morgan fingerprint density at radius 3 is 2.83 bits per heavy atom. The molecule has 3 rings (SSSR count). The van der Waals surface area contributed by atoms with Crippen molar-refractivity contribution in [2.24, 2.45) is 0 Å². The third-order valence-corrected chi connectivity index (χ3v) is 5.92. The van der Waals surface area contributed by atoms with Gasteiger partial charge in [-0.15, -0.1) is 0 Å². The number of sulfonamides is 1. The molecule has 23 heavy (non-hydrogen) atoms. The van der Waals surface area contributed by atoms with Crippen LogP contribution in [0.2, 0.25) is 0 Å². The van der Waals surface area contributed by atoms with E-state index in [-0.39, 0.29) is 11.4 Å². The monoisotopic (exact) mass is 336 g/mol. The molecule has 122 valence electrons. The van der Waals surface area contributed by atoms with Crippen molar-refractivity contribution in [1.29, 1.82) is 0 Å². The number of aliphatic carboxylic acids is 1. The number of nitrogens with zero attached hydrogens (tertiary/aromatic N) is 4. The molecule has 2 aromatic rings. The van der Waals surface area contributed by atoms with E-state index in [1.807, 2.05) is 0 Å². The Bertz CT molecular complexity index is 832. The minimum Gasteiger partial charge on any atom is -0.480 e. The Morgan fingerprint density at radius 1 is 1.39 bits per heavy atom. The lowest BCUT2D eigenvalue weighted by Crippen LogP contribution is -2.40. The van der Waals surface area contributed by atoms with Crippen LogP contribution in [0.3, 0.4) is 0 Å². The second-order valence-corrected chi connectivity index (χ2v) is 7.16. The van der Waals surface area contributed by atoms with Crippen LogP contribution in [0.25, 0.3) is 5.82 Å². The number of carbonyl (C=O) groups is 1. The number of carboxylic acids is 1. The molecule has 1 saturated heterocycles. The normalized spacial score (nSPS) is 19.1. The van der Waals surface area contributed by atoms with Crippen molar-refractivity contribution in [2.45, 2.75) is 30.7 Å². The molecule has 3 heterocycles. The van der Waals surface area contributed by atoms with Gasteiger partial charge in [0.1, 0.15) is 10.9 Å². The van der Waals surface area contributed by atoms with Crippen molar-refractivity contribution in [3.8, 4) is 5.82 Å². The van der Waals surface area contributed by atoms with E-state index in [9.17, 15) is 18.3 Å². The van der Waals surface area contributed by atoms with E-state index >= 15 is 0 Å². The summed E-state index contributed by atoms with van der Waals surface area (Å²) in [6.45, 7) is 1.83. The van der Waals surface area contributed by atoms with E-state index in [0.29, 0.717) is 24.4 Å². The third kappa shape index (κ3) is 2.62. The van der Waals surface area contributed by atoms with Gasteiger partial charge in [0, 0.05) is 12.7 Å². The van der Waals surface area contributed by atoms with Crippen LogP contribution in [0.1, 0.15) is 18.5 Å². The molecule has 0 aromatic carbocycles. The van der Waals surface area contributed by atoms with Crippen molar-refractivity contribution in [1.82, 2.24) is 19.1 Å². The van der Waals surface area contributed by atoms with Gasteiger partial charge in [0.2, 0.25) is 10.0 Å². The van der Waals surface area contributed by atoms with Crippen molar-refractivity contribution >= 4 is 16.0 Å². The fourth-order valence-corrected chi connectivity index (χ4v) is 4.55. The Kier molecular flexibility index (Phi) is 3.90. The van der Waals surface area contributed by atoms with Gasteiger partial charge in [-0.25, -0.2) is 18.1 Å². The molecule has 0 amide bonds. The van der Waals surface area contributed by atoms with E-state index in [1.165, 1.54) is 10.9 Å². The van der Waals surface area contributed by atoms with Gasteiger partial charge >= 0.3 is 5.97 Å². The molecule has 0 radical (unpaired) electrons. The van der Waals surface area contributed by atoms with E-state index in [2.05, 4.69) is 10.1 Å². The number of pyridine rings is 1. The minimum absolute atomic E-state index is 0.0105. The summed E-state index contributed by atoms with van der Waals surface area (Å²) >= 11 is 0. The summed E-state index contributed by atoms with van der Waals surface area (Å²) in [7, 11) is -3.91. The number of hydrogen-bond acceptors (Lipinski definition) is 5. The first-order valence-corrected chi connectivity index (χ1v) is 8.57. The minimum atomic E-state index is -3.91. The first-order chi connectivity index (χ1) is 10.9. The molecule has 1 fully saturated rings. The highest BCUT2D eigenvalue weighted by Crippen LogP contribution is 2.28. The van der Waals surface area contributed by atoms with Crippen molar-refractivity contribution in [3.05, 3.63) is 36.3 Å². The molecule has 1 aliphatic rings. The summed E-state index contributed by atoms with van der Waals surface area (Å²) in [5.74, 6) is -0.622. The van der Waals surface area contributed by atoms with Gasteiger partial charge in [-0.05, 0) is 31.9 Å². The molecule has 0 saturated carbocycles. The highest BCUT2D eigenvalue weighted by atomic mass is 32.2. The van der Waals surface area contributed by atoms with Gasteiger partial charge in [0.05, 0.1) is 11.9 Å². The van der Waals surface area contributed by atoms with Crippen LogP contribution in [0, 0.1) is 6.92 Å². The predicted molar refractivity (Wildman–Crippen MR) is 80.6 cm³/mol. The lowest BCUT2D eigenvalue weighted by atomic mass is 10.2. The smallest absolute Gasteiger partial charge is 0.322 e. The first kappa shape index (κ1) is 15.6. The lowest BCUT2D eigenvalue weighted by Gasteiger charge is -2.20.